The lowest BCUT2D eigenvalue weighted by Crippen LogP contribution is -2.46. The average molecular weight is 288 g/mol. The van der Waals surface area contributed by atoms with E-state index in [1.807, 2.05) is 18.2 Å². The third-order valence-corrected chi connectivity index (χ3v) is 4.58. The molecule has 2 aromatic rings. The summed E-state index contributed by atoms with van der Waals surface area (Å²) in [6.07, 6.45) is 2.27. The first-order valence-corrected chi connectivity index (χ1v) is 7.62. The van der Waals surface area contributed by atoms with Gasteiger partial charge >= 0.3 is 0 Å². The number of piperidine rings is 1. The molecule has 3 rings (SSSR count). The fraction of sp³-hybridized carbons (Fsp3) is 0.529. The summed E-state index contributed by atoms with van der Waals surface area (Å²) in [5, 5.41) is 1.14. The molecule has 0 amide bonds. The van der Waals surface area contributed by atoms with E-state index in [0.717, 1.165) is 54.8 Å². The minimum Gasteiger partial charge on any atom is -0.459 e. The Bertz CT molecular complexity index is 622. The van der Waals surface area contributed by atoms with Crippen molar-refractivity contribution >= 4 is 11.0 Å². The molecule has 1 aliphatic heterocycles. The van der Waals surface area contributed by atoms with Crippen LogP contribution < -0.4 is 5.73 Å². The fourth-order valence-corrected chi connectivity index (χ4v) is 3.31. The van der Waals surface area contributed by atoms with Crippen molar-refractivity contribution in [1.29, 1.82) is 0 Å². The molecule has 1 unspecified atom stereocenters. The van der Waals surface area contributed by atoms with Gasteiger partial charge in [0, 0.05) is 31.1 Å². The van der Waals surface area contributed by atoms with Crippen molar-refractivity contribution in [2.24, 2.45) is 5.73 Å². The highest BCUT2D eigenvalue weighted by Crippen LogP contribution is 2.29. The molecule has 0 spiro atoms. The van der Waals surface area contributed by atoms with E-state index in [1.165, 1.54) is 0 Å². The summed E-state index contributed by atoms with van der Waals surface area (Å²) in [6.45, 7) is 5.52. The van der Waals surface area contributed by atoms with Gasteiger partial charge in [-0.25, -0.2) is 0 Å². The molecule has 0 bridgehead atoms. The summed E-state index contributed by atoms with van der Waals surface area (Å²) in [5.74, 6) is 0.999. The fourth-order valence-electron chi connectivity index (χ4n) is 3.31. The van der Waals surface area contributed by atoms with Crippen LogP contribution in [-0.4, -0.2) is 30.7 Å². The van der Waals surface area contributed by atoms with Crippen molar-refractivity contribution in [3.8, 4) is 0 Å². The Morgan fingerprint density at radius 2 is 2.19 bits per heavy atom. The Kier molecular flexibility index (Phi) is 4.02. The molecule has 1 atom stereocenters. The molecule has 1 aliphatic rings. The molecule has 1 fully saturated rings. The second-order valence-electron chi connectivity index (χ2n) is 6.17. The highest BCUT2D eigenvalue weighted by molar-refractivity contribution is 5.82. The number of fused-ring (bicyclic) bond motifs is 1. The van der Waals surface area contributed by atoms with Crippen LogP contribution in [0.1, 0.15) is 31.1 Å². The van der Waals surface area contributed by atoms with Crippen molar-refractivity contribution in [2.45, 2.75) is 38.5 Å². The number of rotatable bonds is 4. The lowest BCUT2D eigenvalue weighted by Gasteiger charge is -2.39. The third-order valence-electron chi connectivity index (χ3n) is 4.58. The smallest absolute Gasteiger partial charge is 0.134 e. The van der Waals surface area contributed by atoms with Crippen LogP contribution in [0, 0.1) is 0 Å². The largest absolute Gasteiger partial charge is 0.459 e. The van der Waals surface area contributed by atoms with Crippen LogP contribution in [-0.2, 0) is 17.8 Å². The highest BCUT2D eigenvalue weighted by atomic mass is 16.5. The van der Waals surface area contributed by atoms with E-state index < -0.39 is 0 Å². The number of likely N-dealkylation sites (tertiary alicyclic amines) is 1. The molecule has 1 aromatic heterocycles. The minimum absolute atomic E-state index is 0.0485. The summed E-state index contributed by atoms with van der Waals surface area (Å²) in [4.78, 5) is 2.41. The normalized spacial score (nSPS) is 23.8. The first-order valence-electron chi connectivity index (χ1n) is 7.62. The Morgan fingerprint density at radius 3 is 2.95 bits per heavy atom. The number of hydrogen-bond donors (Lipinski definition) is 1. The van der Waals surface area contributed by atoms with E-state index in [-0.39, 0.29) is 5.60 Å². The number of methoxy groups -OCH3 is 1. The average Bonchev–Trinajstić information content (AvgIpc) is 2.84. The zero-order valence-corrected chi connectivity index (χ0v) is 12.9. The topological polar surface area (TPSA) is 51.6 Å². The molecule has 0 aliphatic carbocycles. The van der Waals surface area contributed by atoms with Crippen LogP contribution >= 0.6 is 0 Å². The number of ether oxygens (including phenoxy) is 1. The summed E-state index contributed by atoms with van der Waals surface area (Å²) in [5.41, 5.74) is 7.96. The molecule has 0 radical (unpaired) electrons. The van der Waals surface area contributed by atoms with Gasteiger partial charge in [-0.05, 0) is 32.4 Å². The lowest BCUT2D eigenvalue weighted by atomic mass is 9.94. The lowest BCUT2D eigenvalue weighted by molar-refractivity contribution is -0.0538. The van der Waals surface area contributed by atoms with Gasteiger partial charge in [0.2, 0.25) is 0 Å². The van der Waals surface area contributed by atoms with Gasteiger partial charge in [-0.1, -0.05) is 18.2 Å². The van der Waals surface area contributed by atoms with Crippen molar-refractivity contribution in [1.82, 2.24) is 4.90 Å². The van der Waals surface area contributed by atoms with Gasteiger partial charge in [-0.2, -0.15) is 0 Å². The van der Waals surface area contributed by atoms with Crippen LogP contribution in [0.15, 0.2) is 28.7 Å². The van der Waals surface area contributed by atoms with E-state index in [2.05, 4.69) is 17.9 Å². The van der Waals surface area contributed by atoms with Crippen molar-refractivity contribution < 1.29 is 9.15 Å². The summed E-state index contributed by atoms with van der Waals surface area (Å²) in [6, 6.07) is 8.12. The van der Waals surface area contributed by atoms with E-state index in [1.54, 1.807) is 7.11 Å². The maximum atomic E-state index is 6.03. The quantitative estimate of drug-likeness (QED) is 0.940. The molecule has 21 heavy (non-hydrogen) atoms. The number of para-hydroxylation sites is 1. The van der Waals surface area contributed by atoms with Gasteiger partial charge in [-0.15, -0.1) is 0 Å². The monoisotopic (exact) mass is 288 g/mol. The van der Waals surface area contributed by atoms with Gasteiger partial charge in [0.1, 0.15) is 11.3 Å². The molecule has 4 nitrogen and oxygen atoms in total. The zero-order valence-electron chi connectivity index (χ0n) is 12.9. The van der Waals surface area contributed by atoms with Crippen molar-refractivity contribution in [3.63, 3.8) is 0 Å². The predicted octanol–water partition coefficient (Wildman–Crippen LogP) is 2.89. The Labute approximate surface area is 125 Å². The highest BCUT2D eigenvalue weighted by Gasteiger charge is 2.31. The Hall–Kier alpha value is -1.36. The minimum atomic E-state index is -0.0485. The number of benzene rings is 1. The van der Waals surface area contributed by atoms with Gasteiger partial charge in [0.05, 0.1) is 12.1 Å². The van der Waals surface area contributed by atoms with Crippen LogP contribution in [0.3, 0.4) is 0 Å². The Balaban J connectivity index is 1.84. The maximum Gasteiger partial charge on any atom is 0.134 e. The molecule has 4 heteroatoms. The first-order chi connectivity index (χ1) is 10.1. The van der Waals surface area contributed by atoms with Crippen molar-refractivity contribution in [3.05, 3.63) is 35.6 Å². The van der Waals surface area contributed by atoms with E-state index in [9.17, 15) is 0 Å². The second kappa shape index (κ2) is 5.79. The predicted molar refractivity (Wildman–Crippen MR) is 84.0 cm³/mol. The number of furan rings is 1. The molecular formula is C17H24N2O2. The second-order valence-corrected chi connectivity index (χ2v) is 6.17. The molecule has 0 saturated carbocycles. The third kappa shape index (κ3) is 2.84. The van der Waals surface area contributed by atoms with E-state index in [0.29, 0.717) is 6.54 Å². The Morgan fingerprint density at radius 1 is 1.38 bits per heavy atom. The van der Waals surface area contributed by atoms with Gasteiger partial charge in [0.25, 0.3) is 0 Å². The molecule has 2 N–H and O–H groups in total. The summed E-state index contributed by atoms with van der Waals surface area (Å²) in [7, 11) is 1.80. The zero-order chi connectivity index (χ0) is 14.9. The van der Waals surface area contributed by atoms with Crippen molar-refractivity contribution in [2.75, 3.05) is 20.2 Å². The summed E-state index contributed by atoms with van der Waals surface area (Å²) >= 11 is 0. The standard InChI is InChI=1S/C17H24N2O2/c1-17(20-2)8-5-9-19(12-17)11-16-14(10-18)13-6-3-4-7-15(13)21-16/h3-4,6-7H,5,8-12,18H2,1-2H3. The van der Waals surface area contributed by atoms with Crippen LogP contribution in [0.4, 0.5) is 0 Å². The number of hydrogen-bond acceptors (Lipinski definition) is 4. The van der Waals surface area contributed by atoms with Crippen LogP contribution in [0.25, 0.3) is 11.0 Å². The van der Waals surface area contributed by atoms with Crippen LogP contribution in [0.5, 0.6) is 0 Å². The van der Waals surface area contributed by atoms with Crippen LogP contribution in [0.2, 0.25) is 0 Å². The molecule has 1 saturated heterocycles. The SMILES string of the molecule is COC1(C)CCCN(Cc2oc3ccccc3c2CN)C1. The van der Waals surface area contributed by atoms with Gasteiger partial charge in [-0.3, -0.25) is 4.90 Å². The molecular weight excluding hydrogens is 264 g/mol. The van der Waals surface area contributed by atoms with Gasteiger partial charge < -0.3 is 14.9 Å². The summed E-state index contributed by atoms with van der Waals surface area (Å²) < 4.78 is 11.7. The molecule has 114 valence electrons. The first kappa shape index (κ1) is 14.6. The molecule has 1 aromatic carbocycles. The number of nitrogens with zero attached hydrogens (tertiary/aromatic N) is 1. The van der Waals surface area contributed by atoms with E-state index in [4.69, 9.17) is 14.9 Å². The maximum absolute atomic E-state index is 6.03. The number of nitrogens with two attached hydrogens (primary N) is 1. The van der Waals surface area contributed by atoms with E-state index >= 15 is 0 Å². The molecule has 2 heterocycles. The van der Waals surface area contributed by atoms with Gasteiger partial charge in [0.15, 0.2) is 0 Å².